The molecule has 0 aliphatic carbocycles. The van der Waals surface area contributed by atoms with E-state index in [1.165, 1.54) is 25.3 Å². The first-order valence-electron chi connectivity index (χ1n) is 7.78. The lowest BCUT2D eigenvalue weighted by atomic mass is 9.89. The molecule has 1 amide bonds. The number of rotatable bonds is 3. The van der Waals surface area contributed by atoms with Gasteiger partial charge < -0.3 is 15.0 Å². The highest BCUT2D eigenvalue weighted by atomic mass is 19.1. The number of hydrogen-bond donors (Lipinski definition) is 1. The number of methoxy groups -OCH3 is 1. The van der Waals surface area contributed by atoms with Crippen LogP contribution in [0.4, 0.5) is 4.39 Å². The number of ether oxygens (including phenoxy) is 1. The van der Waals surface area contributed by atoms with E-state index in [0.717, 1.165) is 25.9 Å². The molecule has 22 heavy (non-hydrogen) atoms. The first-order chi connectivity index (χ1) is 10.4. The van der Waals surface area contributed by atoms with Crippen molar-refractivity contribution in [1.29, 1.82) is 0 Å². The average Bonchev–Trinajstić information content (AvgIpc) is 2.52. The van der Waals surface area contributed by atoms with Crippen LogP contribution in [0.15, 0.2) is 18.2 Å². The Morgan fingerprint density at radius 2 is 1.91 bits per heavy atom. The first kappa shape index (κ1) is 18.4. The van der Waals surface area contributed by atoms with Crippen LogP contribution in [-0.2, 0) is 0 Å². The zero-order valence-electron chi connectivity index (χ0n) is 14.2. The van der Waals surface area contributed by atoms with Crippen molar-refractivity contribution in [2.75, 3.05) is 27.2 Å². The van der Waals surface area contributed by atoms with Gasteiger partial charge in [0.2, 0.25) is 0 Å². The van der Waals surface area contributed by atoms with Gasteiger partial charge in [-0.05, 0) is 45.0 Å². The number of benzene rings is 1. The summed E-state index contributed by atoms with van der Waals surface area (Å²) < 4.78 is 18.5. The molecule has 1 fully saturated rings. The van der Waals surface area contributed by atoms with Gasteiger partial charge in [0, 0.05) is 18.6 Å². The number of carbonyl (C=O) groups is 1. The van der Waals surface area contributed by atoms with Crippen molar-refractivity contribution in [3.05, 3.63) is 29.6 Å². The molecule has 0 atom stereocenters. The second-order valence-electron chi connectivity index (χ2n) is 5.66. The minimum atomic E-state index is -0.440. The van der Waals surface area contributed by atoms with E-state index in [1.54, 1.807) is 0 Å². The molecule has 1 aliphatic rings. The molecule has 1 N–H and O–H groups in total. The van der Waals surface area contributed by atoms with Crippen LogP contribution in [0, 0.1) is 5.82 Å². The summed E-state index contributed by atoms with van der Waals surface area (Å²) in [4.78, 5) is 14.6. The highest BCUT2D eigenvalue weighted by molar-refractivity contribution is 5.97. The van der Waals surface area contributed by atoms with Gasteiger partial charge in [-0.15, -0.1) is 0 Å². The van der Waals surface area contributed by atoms with Crippen LogP contribution >= 0.6 is 0 Å². The van der Waals surface area contributed by atoms with Gasteiger partial charge in [0.05, 0.1) is 12.7 Å². The van der Waals surface area contributed by atoms with E-state index in [0.29, 0.717) is 5.75 Å². The molecular weight excluding hydrogens is 283 g/mol. The fraction of sp³-hybridized carbons (Fsp3) is 0.588. The molecule has 0 spiro atoms. The molecule has 1 heterocycles. The lowest BCUT2D eigenvalue weighted by molar-refractivity contribution is 0.0848. The van der Waals surface area contributed by atoms with E-state index in [2.05, 4.69) is 17.3 Å². The predicted octanol–water partition coefficient (Wildman–Crippen LogP) is 3.07. The molecule has 1 aromatic rings. The number of hydrogen-bond acceptors (Lipinski definition) is 3. The van der Waals surface area contributed by atoms with Gasteiger partial charge in [-0.2, -0.15) is 0 Å². The third kappa shape index (κ3) is 4.70. The van der Waals surface area contributed by atoms with E-state index in [-0.39, 0.29) is 17.0 Å². The van der Waals surface area contributed by atoms with E-state index < -0.39 is 5.82 Å². The number of nitrogens with one attached hydrogen (secondary N) is 1. The van der Waals surface area contributed by atoms with E-state index in [1.807, 2.05) is 20.8 Å². The highest BCUT2D eigenvalue weighted by Gasteiger charge is 2.31. The van der Waals surface area contributed by atoms with Crippen molar-refractivity contribution in [3.63, 3.8) is 0 Å². The second kappa shape index (κ2) is 8.13. The quantitative estimate of drug-likeness (QED) is 0.933. The van der Waals surface area contributed by atoms with Gasteiger partial charge in [-0.1, -0.05) is 13.8 Å². The first-order valence-corrected chi connectivity index (χ1v) is 7.78. The van der Waals surface area contributed by atoms with Crippen LogP contribution in [0.3, 0.4) is 0 Å². The third-order valence-corrected chi connectivity index (χ3v) is 3.91. The molecule has 0 saturated carbocycles. The Kier molecular flexibility index (Phi) is 6.81. The van der Waals surface area contributed by atoms with Crippen LogP contribution < -0.4 is 10.1 Å². The molecule has 0 bridgehead atoms. The molecule has 1 saturated heterocycles. The Balaban J connectivity index is 0.00000116. The zero-order chi connectivity index (χ0) is 16.8. The number of likely N-dealkylation sites (tertiary alicyclic amines) is 1. The normalized spacial score (nSPS) is 17.2. The molecule has 1 aliphatic heterocycles. The molecule has 4 nitrogen and oxygen atoms in total. The smallest absolute Gasteiger partial charge is 0.255 e. The minimum Gasteiger partial charge on any atom is -0.496 e. The Labute approximate surface area is 132 Å². The van der Waals surface area contributed by atoms with Crippen molar-refractivity contribution >= 4 is 5.91 Å². The Bertz CT molecular complexity index is 497. The van der Waals surface area contributed by atoms with Crippen molar-refractivity contribution < 1.29 is 13.9 Å². The number of halogens is 1. The van der Waals surface area contributed by atoms with E-state index in [4.69, 9.17) is 4.74 Å². The molecule has 1 aromatic carbocycles. The fourth-order valence-electron chi connectivity index (χ4n) is 2.44. The maximum Gasteiger partial charge on any atom is 0.255 e. The molecule has 124 valence electrons. The SMILES string of the molecule is CC.COc1ccc(F)cc1C(=O)NC1(C)CCN(C)CC1. The number of carbonyl (C=O) groups excluding carboxylic acids is 1. The van der Waals surface area contributed by atoms with Gasteiger partial charge in [-0.3, -0.25) is 4.79 Å². The highest BCUT2D eigenvalue weighted by Crippen LogP contribution is 2.24. The van der Waals surface area contributed by atoms with Crippen molar-refractivity contribution in [2.45, 2.75) is 39.2 Å². The number of piperidine rings is 1. The zero-order valence-corrected chi connectivity index (χ0v) is 14.2. The van der Waals surface area contributed by atoms with E-state index >= 15 is 0 Å². The second-order valence-corrected chi connectivity index (χ2v) is 5.66. The van der Waals surface area contributed by atoms with E-state index in [9.17, 15) is 9.18 Å². The monoisotopic (exact) mass is 310 g/mol. The summed E-state index contributed by atoms with van der Waals surface area (Å²) in [5.74, 6) is -0.335. The Morgan fingerprint density at radius 1 is 1.32 bits per heavy atom. The van der Waals surface area contributed by atoms with Gasteiger partial charge >= 0.3 is 0 Å². The van der Waals surface area contributed by atoms with Crippen LogP contribution in [0.1, 0.15) is 44.0 Å². The summed E-state index contributed by atoms with van der Waals surface area (Å²) in [6.45, 7) is 7.91. The molecule has 5 heteroatoms. The van der Waals surface area contributed by atoms with Crippen LogP contribution in [-0.4, -0.2) is 43.6 Å². The fourth-order valence-corrected chi connectivity index (χ4v) is 2.44. The minimum absolute atomic E-state index is 0.243. The van der Waals surface area contributed by atoms with Gasteiger partial charge in [-0.25, -0.2) is 4.39 Å². The summed E-state index contributed by atoms with van der Waals surface area (Å²) >= 11 is 0. The molecule has 0 aromatic heterocycles. The average molecular weight is 310 g/mol. The Morgan fingerprint density at radius 3 is 2.45 bits per heavy atom. The van der Waals surface area contributed by atoms with Crippen molar-refractivity contribution in [2.24, 2.45) is 0 Å². The topological polar surface area (TPSA) is 41.6 Å². The summed E-state index contributed by atoms with van der Waals surface area (Å²) in [5, 5.41) is 3.02. The molecular formula is C17H27FN2O2. The maximum absolute atomic E-state index is 13.3. The predicted molar refractivity (Wildman–Crippen MR) is 86.9 cm³/mol. The van der Waals surface area contributed by atoms with Crippen molar-refractivity contribution in [1.82, 2.24) is 10.2 Å². The van der Waals surface area contributed by atoms with Crippen LogP contribution in [0.2, 0.25) is 0 Å². The summed E-state index contributed by atoms with van der Waals surface area (Å²) in [7, 11) is 3.54. The van der Waals surface area contributed by atoms with Crippen LogP contribution in [0.25, 0.3) is 0 Å². The number of amides is 1. The van der Waals surface area contributed by atoms with Gasteiger partial charge in [0.15, 0.2) is 0 Å². The lowest BCUT2D eigenvalue weighted by Gasteiger charge is -2.38. The van der Waals surface area contributed by atoms with Gasteiger partial charge in [0.25, 0.3) is 5.91 Å². The molecule has 0 unspecified atom stereocenters. The number of nitrogens with zero attached hydrogens (tertiary/aromatic N) is 1. The molecule has 0 radical (unpaired) electrons. The summed E-state index contributed by atoms with van der Waals surface area (Å²) in [6, 6.07) is 3.97. The summed E-state index contributed by atoms with van der Waals surface area (Å²) in [6.07, 6.45) is 1.76. The molecule has 2 rings (SSSR count). The summed E-state index contributed by atoms with van der Waals surface area (Å²) in [5.41, 5.74) is -0.00589. The van der Waals surface area contributed by atoms with Gasteiger partial charge in [0.1, 0.15) is 11.6 Å². The third-order valence-electron chi connectivity index (χ3n) is 3.91. The van der Waals surface area contributed by atoms with Crippen LogP contribution in [0.5, 0.6) is 5.75 Å². The lowest BCUT2D eigenvalue weighted by Crippen LogP contribution is -2.52. The standard InChI is InChI=1S/C15H21FN2O2.C2H6/c1-15(6-8-18(2)9-7-15)17-14(19)12-10-11(16)4-5-13(12)20-3;1-2/h4-5,10H,6-9H2,1-3H3,(H,17,19);1-2H3. The maximum atomic E-state index is 13.3. The Hall–Kier alpha value is -1.62. The van der Waals surface area contributed by atoms with Crippen molar-refractivity contribution in [3.8, 4) is 5.75 Å². The largest absolute Gasteiger partial charge is 0.496 e.